The number of benzene rings is 3. The number of hydrogen-bond donors (Lipinski definition) is 5. The largest absolute Gasteiger partial charge is 0.472 e. The Morgan fingerprint density at radius 1 is 0.811 bits per heavy atom. The fraction of sp³-hybridized carbons (Fsp3) is 0.368. The van der Waals surface area contributed by atoms with Crippen LogP contribution in [0.2, 0.25) is 0 Å². The van der Waals surface area contributed by atoms with Crippen LogP contribution in [0.5, 0.6) is 0 Å². The summed E-state index contributed by atoms with van der Waals surface area (Å²) in [4.78, 5) is 55.1. The van der Waals surface area contributed by atoms with Crippen LogP contribution in [0.4, 0.5) is 18.9 Å². The molecule has 53 heavy (non-hydrogen) atoms. The number of carbonyl (C=O) groups excluding carboxylic acids is 4. The van der Waals surface area contributed by atoms with Gasteiger partial charge >= 0.3 is 12.1 Å². The minimum absolute atomic E-state index is 0.0829. The van der Waals surface area contributed by atoms with Gasteiger partial charge in [-0.15, -0.1) is 0 Å². The van der Waals surface area contributed by atoms with E-state index < -0.39 is 44.7 Å². The van der Waals surface area contributed by atoms with Crippen LogP contribution in [-0.4, -0.2) is 56.3 Å². The van der Waals surface area contributed by atoms with Gasteiger partial charge in [-0.25, -0.2) is 13.1 Å². The number of alkyl halides is 3. The number of amides is 4. The van der Waals surface area contributed by atoms with Gasteiger partial charge in [-0.2, -0.15) is 13.2 Å². The van der Waals surface area contributed by atoms with Crippen LogP contribution in [0.3, 0.4) is 0 Å². The first kappa shape index (κ1) is 36.2. The van der Waals surface area contributed by atoms with E-state index in [1.807, 2.05) is 0 Å². The van der Waals surface area contributed by atoms with Crippen molar-refractivity contribution in [1.29, 1.82) is 0 Å². The van der Waals surface area contributed by atoms with Crippen molar-refractivity contribution in [3.63, 3.8) is 0 Å². The minimum atomic E-state index is -5.43. The lowest BCUT2D eigenvalue weighted by Crippen LogP contribution is -2.51. The number of fused-ring (bicyclic) bond motifs is 1. The molecule has 4 bridgehead atoms. The van der Waals surface area contributed by atoms with E-state index in [0.29, 0.717) is 40.8 Å². The number of H-pyrrole nitrogens is 1. The van der Waals surface area contributed by atoms with E-state index in [2.05, 4.69) is 20.9 Å². The van der Waals surface area contributed by atoms with Crippen molar-refractivity contribution in [3.05, 3.63) is 95.7 Å². The van der Waals surface area contributed by atoms with Crippen molar-refractivity contribution in [2.24, 2.45) is 23.2 Å². The Bertz CT molecular complexity index is 2150. The first-order valence-corrected chi connectivity index (χ1v) is 18.9. The topological polar surface area (TPSA) is 166 Å². The van der Waals surface area contributed by atoms with Gasteiger partial charge in [-0.3, -0.25) is 19.2 Å². The third-order valence-electron chi connectivity index (χ3n) is 10.9. The van der Waals surface area contributed by atoms with E-state index in [1.54, 1.807) is 54.7 Å². The Morgan fingerprint density at radius 3 is 2.11 bits per heavy atom. The molecule has 1 unspecified atom stereocenters. The van der Waals surface area contributed by atoms with E-state index >= 15 is 0 Å². The van der Waals surface area contributed by atoms with E-state index in [0.717, 1.165) is 36.1 Å². The van der Waals surface area contributed by atoms with Gasteiger partial charge in [0.25, 0.3) is 21.8 Å². The Hall–Kier alpha value is -5.18. The molecule has 3 aromatic carbocycles. The SMILES string of the molecule is O=C(NCC(C(=O)Nc1cccc(S(=O)(=O)NC(=O)C(F)(F)F)c1)c1ccccc1)c1cc2cc[nH]c2cc1C(=O)NCC12CC3CC(CC(C3)C1)C2. The molecule has 0 radical (unpaired) electrons. The smallest absolute Gasteiger partial charge is 0.361 e. The Kier molecular flexibility index (Phi) is 9.55. The van der Waals surface area contributed by atoms with Gasteiger partial charge in [0.1, 0.15) is 0 Å². The number of anilines is 1. The first-order chi connectivity index (χ1) is 25.2. The monoisotopic (exact) mass is 749 g/mol. The zero-order chi connectivity index (χ0) is 37.5. The molecule has 1 heterocycles. The van der Waals surface area contributed by atoms with Crippen LogP contribution in [0.15, 0.2) is 83.9 Å². The highest BCUT2D eigenvalue weighted by Crippen LogP contribution is 2.59. The summed E-state index contributed by atoms with van der Waals surface area (Å²) in [5.41, 5.74) is 1.51. The first-order valence-electron chi connectivity index (χ1n) is 17.5. The fourth-order valence-electron chi connectivity index (χ4n) is 8.89. The lowest BCUT2D eigenvalue weighted by molar-refractivity contribution is -0.171. The van der Waals surface area contributed by atoms with Crippen LogP contribution < -0.4 is 20.7 Å². The molecular weight excluding hydrogens is 712 g/mol. The molecule has 278 valence electrons. The third-order valence-corrected chi connectivity index (χ3v) is 12.2. The molecule has 0 saturated heterocycles. The molecule has 4 fully saturated rings. The number of sulfonamides is 1. The third kappa shape index (κ3) is 7.80. The maximum absolute atomic E-state index is 13.9. The molecule has 4 amide bonds. The van der Waals surface area contributed by atoms with Crippen LogP contribution >= 0.6 is 0 Å². The van der Waals surface area contributed by atoms with Crippen LogP contribution in [0.1, 0.15) is 70.7 Å². The molecule has 0 spiro atoms. The maximum atomic E-state index is 13.9. The summed E-state index contributed by atoms with van der Waals surface area (Å²) in [7, 11) is -4.93. The zero-order valence-electron chi connectivity index (χ0n) is 28.5. The minimum Gasteiger partial charge on any atom is -0.361 e. The molecule has 4 aromatic rings. The van der Waals surface area contributed by atoms with E-state index in [-0.39, 0.29) is 34.7 Å². The highest BCUT2D eigenvalue weighted by Gasteiger charge is 2.51. The van der Waals surface area contributed by atoms with Gasteiger partial charge in [0.05, 0.1) is 21.9 Å². The van der Waals surface area contributed by atoms with E-state index in [4.69, 9.17) is 0 Å². The zero-order valence-corrected chi connectivity index (χ0v) is 29.3. The molecule has 15 heteroatoms. The molecule has 1 atom stereocenters. The second-order valence-electron chi connectivity index (χ2n) is 14.7. The van der Waals surface area contributed by atoms with Gasteiger partial charge in [-0.1, -0.05) is 36.4 Å². The van der Waals surface area contributed by atoms with Crippen molar-refractivity contribution < 1.29 is 40.8 Å². The van der Waals surface area contributed by atoms with Crippen LogP contribution in [0.25, 0.3) is 10.9 Å². The van der Waals surface area contributed by atoms with Crippen molar-refractivity contribution in [2.75, 3.05) is 18.4 Å². The van der Waals surface area contributed by atoms with Crippen molar-refractivity contribution in [1.82, 2.24) is 20.3 Å². The number of aromatic amines is 1. The molecule has 0 aliphatic heterocycles. The molecule has 1 aromatic heterocycles. The number of rotatable bonds is 11. The fourth-order valence-corrected chi connectivity index (χ4v) is 9.91. The molecule has 4 aliphatic carbocycles. The van der Waals surface area contributed by atoms with E-state index in [1.165, 1.54) is 31.4 Å². The molecule has 4 aliphatic rings. The average Bonchev–Trinajstić information content (AvgIpc) is 3.57. The second-order valence-corrected chi connectivity index (χ2v) is 16.4. The predicted octanol–water partition coefficient (Wildman–Crippen LogP) is 5.63. The van der Waals surface area contributed by atoms with Gasteiger partial charge in [0, 0.05) is 35.9 Å². The molecule has 11 nitrogen and oxygen atoms in total. The Morgan fingerprint density at radius 2 is 1.45 bits per heavy atom. The van der Waals surface area contributed by atoms with E-state index in [9.17, 15) is 40.8 Å². The molecule has 5 N–H and O–H groups in total. The summed E-state index contributed by atoms with van der Waals surface area (Å²) in [6.45, 7) is 0.320. The van der Waals surface area contributed by atoms with Crippen molar-refractivity contribution in [2.45, 2.75) is 55.5 Å². The standard InChI is InChI=1S/C38H38F3N5O6S/c39-38(40,41)36(50)46-53(51,52)28-8-4-7-27(15-28)45-35(49)31(25-5-2-1-3-6-25)20-43-33(47)29-14-26-9-10-42-32(26)16-30(29)34(48)44-21-37-17-22-11-23(18-37)13-24(12-22)19-37/h1-10,14-16,22-24,31,42H,11-13,17-21H2,(H,43,47)(H,44,48)(H,45,49)(H,46,50). The molecule has 4 saturated carbocycles. The average molecular weight is 750 g/mol. The Balaban J connectivity index is 1.08. The van der Waals surface area contributed by atoms with Crippen molar-refractivity contribution in [3.8, 4) is 0 Å². The molecular formula is C38H38F3N5O6S. The summed E-state index contributed by atoms with van der Waals surface area (Å²) in [5, 5.41) is 9.23. The normalized spacial score (nSPS) is 22.6. The van der Waals surface area contributed by atoms with Gasteiger partial charge in [0.2, 0.25) is 5.91 Å². The van der Waals surface area contributed by atoms with Crippen molar-refractivity contribution >= 4 is 50.2 Å². The number of hydrogen-bond acceptors (Lipinski definition) is 6. The quantitative estimate of drug-likeness (QED) is 0.133. The van der Waals surface area contributed by atoms with Crippen LogP contribution in [-0.2, 0) is 19.6 Å². The van der Waals surface area contributed by atoms with Gasteiger partial charge in [0.15, 0.2) is 0 Å². The van der Waals surface area contributed by atoms with Gasteiger partial charge < -0.3 is 20.9 Å². The van der Waals surface area contributed by atoms with Crippen LogP contribution in [0, 0.1) is 23.2 Å². The summed E-state index contributed by atoms with van der Waals surface area (Å²) in [5.74, 6) is -3.15. The Labute approximate surface area is 303 Å². The number of aromatic nitrogens is 1. The summed E-state index contributed by atoms with van der Waals surface area (Å²) < 4.78 is 64.1. The summed E-state index contributed by atoms with van der Waals surface area (Å²) in [6, 6.07) is 17.9. The predicted molar refractivity (Wildman–Crippen MR) is 189 cm³/mol. The number of carbonyl (C=O) groups is 4. The highest BCUT2D eigenvalue weighted by atomic mass is 32.2. The maximum Gasteiger partial charge on any atom is 0.472 e. The summed E-state index contributed by atoms with van der Waals surface area (Å²) in [6.07, 6.45) is 3.45. The molecule has 8 rings (SSSR count). The summed E-state index contributed by atoms with van der Waals surface area (Å²) >= 11 is 0. The lowest BCUT2D eigenvalue weighted by Gasteiger charge is -2.56. The lowest BCUT2D eigenvalue weighted by atomic mass is 9.49. The number of halogens is 3. The second kappa shape index (κ2) is 14.0. The number of nitrogens with one attached hydrogen (secondary N) is 5. The van der Waals surface area contributed by atoms with Gasteiger partial charge in [-0.05, 0) is 104 Å². The highest BCUT2D eigenvalue weighted by molar-refractivity contribution is 7.90.